The third-order valence-corrected chi connectivity index (χ3v) is 2.42. The quantitative estimate of drug-likeness (QED) is 0.620. The Bertz CT molecular complexity index is 412. The lowest BCUT2D eigenvalue weighted by molar-refractivity contribution is 1.20. The van der Waals surface area contributed by atoms with Gasteiger partial charge in [0.05, 0.1) is 0 Å². The van der Waals surface area contributed by atoms with Gasteiger partial charge in [0.1, 0.15) is 5.65 Å². The Kier molecular flexibility index (Phi) is 2.02. The second kappa shape index (κ2) is 3.03. The highest BCUT2D eigenvalue weighted by Gasteiger charge is 2.03. The molecule has 2 aromatic heterocycles. The topological polar surface area (TPSA) is 41.6 Å². The monoisotopic (exact) mass is 245 g/mol. The summed E-state index contributed by atoms with van der Waals surface area (Å²) in [6, 6.07) is 0. The third kappa shape index (κ3) is 1.21. The van der Waals surface area contributed by atoms with Gasteiger partial charge in [-0.3, -0.25) is 0 Å². The zero-order valence-corrected chi connectivity index (χ0v) is 8.35. The van der Waals surface area contributed by atoms with Crippen molar-refractivity contribution in [1.29, 1.82) is 0 Å². The Hall–Kier alpha value is -0.610. The van der Waals surface area contributed by atoms with Gasteiger partial charge in [-0.25, -0.2) is 4.98 Å². The predicted octanol–water partition coefficient (Wildman–Crippen LogP) is 2.51. The summed E-state index contributed by atoms with van der Waals surface area (Å²) in [7, 11) is 0. The molecule has 0 saturated carbocycles. The minimum atomic E-state index is 0.269. The molecule has 0 unspecified atom stereocenters. The number of alkyl halides is 1. The van der Waals surface area contributed by atoms with E-state index in [-0.39, 0.29) is 5.28 Å². The van der Waals surface area contributed by atoms with Gasteiger partial charge in [0, 0.05) is 23.1 Å². The van der Waals surface area contributed by atoms with Gasteiger partial charge in [-0.15, -0.1) is 0 Å². The van der Waals surface area contributed by atoms with E-state index >= 15 is 0 Å². The SMILES string of the molecule is Clc1ncc2c(CBr)c[nH]c2n1. The Balaban J connectivity index is 2.73. The maximum atomic E-state index is 5.62. The first-order chi connectivity index (χ1) is 5.81. The lowest BCUT2D eigenvalue weighted by Gasteiger charge is -1.91. The summed E-state index contributed by atoms with van der Waals surface area (Å²) in [5, 5.41) is 2.07. The van der Waals surface area contributed by atoms with Gasteiger partial charge < -0.3 is 4.98 Å². The van der Waals surface area contributed by atoms with Crippen LogP contribution in [0.25, 0.3) is 11.0 Å². The molecule has 0 fully saturated rings. The van der Waals surface area contributed by atoms with Crippen molar-refractivity contribution in [2.45, 2.75) is 5.33 Å². The second-order valence-electron chi connectivity index (χ2n) is 2.35. The van der Waals surface area contributed by atoms with E-state index in [1.807, 2.05) is 6.20 Å². The third-order valence-electron chi connectivity index (χ3n) is 1.63. The Morgan fingerprint density at radius 1 is 1.58 bits per heavy atom. The molecule has 0 aromatic carbocycles. The number of aromatic amines is 1. The van der Waals surface area contributed by atoms with Crippen LogP contribution in [0.5, 0.6) is 0 Å². The van der Waals surface area contributed by atoms with Crippen molar-refractivity contribution in [3.05, 3.63) is 23.2 Å². The van der Waals surface area contributed by atoms with Gasteiger partial charge in [0.25, 0.3) is 0 Å². The first-order valence-corrected chi connectivity index (χ1v) is 4.85. The lowest BCUT2D eigenvalue weighted by Crippen LogP contribution is -1.82. The summed E-state index contributed by atoms with van der Waals surface area (Å²) in [6.45, 7) is 0. The van der Waals surface area contributed by atoms with Crippen LogP contribution in [0.2, 0.25) is 5.28 Å². The fourth-order valence-corrected chi connectivity index (χ4v) is 1.65. The second-order valence-corrected chi connectivity index (χ2v) is 3.25. The van der Waals surface area contributed by atoms with Crippen LogP contribution >= 0.6 is 27.5 Å². The number of hydrogen-bond donors (Lipinski definition) is 1. The molecule has 0 saturated heterocycles. The molecule has 0 bridgehead atoms. The molecule has 2 heterocycles. The molecular formula is C7H5BrClN3. The molecule has 2 aromatic rings. The van der Waals surface area contributed by atoms with E-state index in [4.69, 9.17) is 11.6 Å². The number of rotatable bonds is 1. The lowest BCUT2D eigenvalue weighted by atomic mass is 10.3. The van der Waals surface area contributed by atoms with Gasteiger partial charge in [-0.05, 0) is 17.2 Å². The molecule has 0 aliphatic rings. The Morgan fingerprint density at radius 3 is 3.17 bits per heavy atom. The zero-order valence-electron chi connectivity index (χ0n) is 6.01. The molecule has 0 amide bonds. The summed E-state index contributed by atoms with van der Waals surface area (Å²) < 4.78 is 0. The summed E-state index contributed by atoms with van der Waals surface area (Å²) in [5.74, 6) is 0. The number of hydrogen-bond acceptors (Lipinski definition) is 2. The van der Waals surface area contributed by atoms with Crippen LogP contribution in [0.15, 0.2) is 12.4 Å². The average Bonchev–Trinajstić information content (AvgIpc) is 2.46. The molecule has 0 radical (unpaired) electrons. The van der Waals surface area contributed by atoms with Gasteiger partial charge in [-0.1, -0.05) is 15.9 Å². The number of nitrogens with one attached hydrogen (secondary N) is 1. The average molecular weight is 246 g/mol. The van der Waals surface area contributed by atoms with Crippen molar-refractivity contribution < 1.29 is 0 Å². The molecule has 62 valence electrons. The van der Waals surface area contributed by atoms with E-state index in [9.17, 15) is 0 Å². The maximum absolute atomic E-state index is 5.62. The van der Waals surface area contributed by atoms with Gasteiger partial charge >= 0.3 is 0 Å². The summed E-state index contributed by atoms with van der Waals surface area (Å²) in [4.78, 5) is 10.9. The first kappa shape index (κ1) is 8.01. The van der Waals surface area contributed by atoms with Gasteiger partial charge in [0.15, 0.2) is 0 Å². The Morgan fingerprint density at radius 2 is 2.42 bits per heavy atom. The summed E-state index contributed by atoms with van der Waals surface area (Å²) in [5.41, 5.74) is 1.92. The summed E-state index contributed by atoms with van der Waals surface area (Å²) >= 11 is 8.98. The molecule has 5 heteroatoms. The van der Waals surface area contributed by atoms with Crippen molar-refractivity contribution in [3.8, 4) is 0 Å². The standard InChI is InChI=1S/C7H5BrClN3/c8-1-4-2-10-6-5(4)3-11-7(9)12-6/h2-3H,1H2,(H,10,11,12). The van der Waals surface area contributed by atoms with Crippen molar-refractivity contribution in [1.82, 2.24) is 15.0 Å². The maximum Gasteiger partial charge on any atom is 0.224 e. The zero-order chi connectivity index (χ0) is 8.55. The number of halogens is 2. The highest BCUT2D eigenvalue weighted by Crippen LogP contribution is 2.18. The molecule has 0 aliphatic heterocycles. The summed E-state index contributed by atoms with van der Waals surface area (Å²) in [6.07, 6.45) is 3.61. The molecule has 2 rings (SSSR count). The minimum absolute atomic E-state index is 0.269. The van der Waals surface area contributed by atoms with E-state index in [0.29, 0.717) is 0 Å². The van der Waals surface area contributed by atoms with Crippen molar-refractivity contribution in [2.24, 2.45) is 0 Å². The first-order valence-electron chi connectivity index (χ1n) is 3.35. The minimum Gasteiger partial charge on any atom is -0.346 e. The van der Waals surface area contributed by atoms with E-state index in [0.717, 1.165) is 21.9 Å². The fourth-order valence-electron chi connectivity index (χ4n) is 1.05. The van der Waals surface area contributed by atoms with E-state index < -0.39 is 0 Å². The highest BCUT2D eigenvalue weighted by atomic mass is 79.9. The number of nitrogens with zero attached hydrogens (tertiary/aromatic N) is 2. The van der Waals surface area contributed by atoms with Crippen LogP contribution < -0.4 is 0 Å². The smallest absolute Gasteiger partial charge is 0.224 e. The highest BCUT2D eigenvalue weighted by molar-refractivity contribution is 9.08. The largest absolute Gasteiger partial charge is 0.346 e. The van der Waals surface area contributed by atoms with Crippen LogP contribution in [-0.2, 0) is 5.33 Å². The van der Waals surface area contributed by atoms with E-state index in [2.05, 4.69) is 30.9 Å². The normalized spacial score (nSPS) is 10.8. The molecule has 12 heavy (non-hydrogen) atoms. The van der Waals surface area contributed by atoms with E-state index in [1.54, 1.807) is 6.20 Å². The fraction of sp³-hybridized carbons (Fsp3) is 0.143. The molecule has 1 N–H and O–H groups in total. The number of H-pyrrole nitrogens is 1. The van der Waals surface area contributed by atoms with Crippen LogP contribution in [0.1, 0.15) is 5.56 Å². The molecule has 0 spiro atoms. The Labute approximate surface area is 82.3 Å². The van der Waals surface area contributed by atoms with Crippen LogP contribution in [-0.4, -0.2) is 15.0 Å². The molecule has 0 atom stereocenters. The van der Waals surface area contributed by atoms with E-state index in [1.165, 1.54) is 0 Å². The molecule has 3 nitrogen and oxygen atoms in total. The molecular weight excluding hydrogens is 241 g/mol. The van der Waals surface area contributed by atoms with Gasteiger partial charge in [0.2, 0.25) is 5.28 Å². The van der Waals surface area contributed by atoms with Crippen LogP contribution in [0, 0.1) is 0 Å². The van der Waals surface area contributed by atoms with Crippen molar-refractivity contribution in [2.75, 3.05) is 0 Å². The number of aromatic nitrogens is 3. The number of fused-ring (bicyclic) bond motifs is 1. The van der Waals surface area contributed by atoms with Gasteiger partial charge in [-0.2, -0.15) is 4.98 Å². The van der Waals surface area contributed by atoms with Crippen LogP contribution in [0.3, 0.4) is 0 Å². The van der Waals surface area contributed by atoms with Crippen molar-refractivity contribution >= 4 is 38.6 Å². The van der Waals surface area contributed by atoms with Crippen molar-refractivity contribution in [3.63, 3.8) is 0 Å². The predicted molar refractivity (Wildman–Crippen MR) is 51.5 cm³/mol. The molecule has 0 aliphatic carbocycles. The van der Waals surface area contributed by atoms with Crippen LogP contribution in [0.4, 0.5) is 0 Å².